The van der Waals surface area contributed by atoms with E-state index < -0.39 is 5.76 Å². The molecule has 5 rings (SSSR count). The van der Waals surface area contributed by atoms with E-state index >= 15 is 0 Å². The van der Waals surface area contributed by atoms with Crippen molar-refractivity contribution in [2.24, 2.45) is 0 Å². The van der Waals surface area contributed by atoms with Crippen LogP contribution < -0.4 is 11.5 Å². The first-order valence-corrected chi connectivity index (χ1v) is 10.6. The van der Waals surface area contributed by atoms with Gasteiger partial charge in [-0.15, -0.1) is 0 Å². The average molecular weight is 492 g/mol. The van der Waals surface area contributed by atoms with Crippen LogP contribution in [-0.2, 0) is 11.3 Å². The maximum absolute atomic E-state index is 12.3. The smallest absolute Gasteiger partial charge is 0.408 e. The third-order valence-corrected chi connectivity index (χ3v) is 5.75. The van der Waals surface area contributed by atoms with Gasteiger partial charge in [0.2, 0.25) is 0 Å². The second-order valence-corrected chi connectivity index (χ2v) is 8.13. The number of aromatic nitrogens is 4. The topological polar surface area (TPSA) is 109 Å². The van der Waals surface area contributed by atoms with Gasteiger partial charge in [-0.3, -0.25) is 4.57 Å². The number of pyridine rings is 1. The van der Waals surface area contributed by atoms with E-state index in [-0.39, 0.29) is 0 Å². The fourth-order valence-corrected chi connectivity index (χ4v) is 4.14. The zero-order valence-electron chi connectivity index (χ0n) is 17.1. The Morgan fingerprint density at radius 2 is 2.00 bits per heavy atom. The van der Waals surface area contributed by atoms with Crippen molar-refractivity contribution >= 4 is 43.9 Å². The second kappa shape index (κ2) is 8.18. The Hall–Kier alpha value is -3.56. The van der Waals surface area contributed by atoms with E-state index in [0.29, 0.717) is 46.8 Å². The monoisotopic (exact) mass is 491 g/mol. The molecule has 0 bridgehead atoms. The predicted molar refractivity (Wildman–Crippen MR) is 126 cm³/mol. The van der Waals surface area contributed by atoms with Crippen molar-refractivity contribution in [1.29, 1.82) is 0 Å². The molecule has 160 valence electrons. The van der Waals surface area contributed by atoms with Crippen LogP contribution in [0, 0.1) is 0 Å². The van der Waals surface area contributed by atoms with Gasteiger partial charge in [0.1, 0.15) is 12.1 Å². The van der Waals surface area contributed by atoms with Gasteiger partial charge in [0.25, 0.3) is 0 Å². The number of anilines is 1. The fourth-order valence-electron chi connectivity index (χ4n) is 3.74. The number of benzene rings is 2. The molecule has 0 saturated heterocycles. The molecule has 9 heteroatoms. The molecular formula is C23H18BrN5O3. The lowest BCUT2D eigenvalue weighted by Gasteiger charge is -2.11. The van der Waals surface area contributed by atoms with Gasteiger partial charge < -0.3 is 14.9 Å². The van der Waals surface area contributed by atoms with E-state index in [1.807, 2.05) is 48.5 Å². The first kappa shape index (κ1) is 20.3. The van der Waals surface area contributed by atoms with Gasteiger partial charge in [-0.1, -0.05) is 34.1 Å². The quantitative estimate of drug-likeness (QED) is 0.391. The Bertz CT molecular complexity index is 1530. The van der Waals surface area contributed by atoms with Crippen LogP contribution in [0.2, 0.25) is 0 Å². The number of nitrogens with two attached hydrogens (primary N) is 1. The van der Waals surface area contributed by atoms with Gasteiger partial charge in [-0.2, -0.15) is 0 Å². The molecule has 32 heavy (non-hydrogen) atoms. The number of nitrogen functional groups attached to an aromatic ring is 1. The number of fused-ring (bicyclic) bond motifs is 2. The van der Waals surface area contributed by atoms with Crippen molar-refractivity contribution < 1.29 is 9.15 Å². The molecule has 0 amide bonds. The van der Waals surface area contributed by atoms with Gasteiger partial charge in [-0.25, -0.2) is 19.7 Å². The normalized spacial score (nSPS) is 11.4. The number of ether oxygens (including phenoxy) is 1. The summed E-state index contributed by atoms with van der Waals surface area (Å²) in [6, 6.07) is 15.4. The largest absolute Gasteiger partial charge is 0.420 e. The summed E-state index contributed by atoms with van der Waals surface area (Å²) in [6.45, 7) is 0.832. The van der Waals surface area contributed by atoms with Crippen LogP contribution >= 0.6 is 15.9 Å². The number of halogens is 1. The second-order valence-electron chi connectivity index (χ2n) is 7.22. The summed E-state index contributed by atoms with van der Waals surface area (Å²) in [5, 5.41) is 0.688. The van der Waals surface area contributed by atoms with E-state index in [4.69, 9.17) is 19.9 Å². The van der Waals surface area contributed by atoms with Crippen molar-refractivity contribution in [2.75, 3.05) is 19.5 Å². The Balaban J connectivity index is 1.71. The van der Waals surface area contributed by atoms with Gasteiger partial charge in [0, 0.05) is 17.1 Å². The third-order valence-electron chi connectivity index (χ3n) is 5.25. The highest BCUT2D eigenvalue weighted by Crippen LogP contribution is 2.35. The minimum Gasteiger partial charge on any atom is -0.408 e. The van der Waals surface area contributed by atoms with E-state index in [2.05, 4.69) is 25.9 Å². The minimum absolute atomic E-state index is 0.362. The van der Waals surface area contributed by atoms with Crippen molar-refractivity contribution in [3.63, 3.8) is 0 Å². The van der Waals surface area contributed by atoms with E-state index in [1.54, 1.807) is 11.7 Å². The summed E-state index contributed by atoms with van der Waals surface area (Å²) in [7, 11) is 1.59. The lowest BCUT2D eigenvalue weighted by Crippen LogP contribution is -2.16. The van der Waals surface area contributed by atoms with Crippen LogP contribution in [0.5, 0.6) is 0 Å². The number of methoxy groups -OCH3 is 1. The Labute approximate surface area is 190 Å². The van der Waals surface area contributed by atoms with Crippen molar-refractivity contribution in [1.82, 2.24) is 19.5 Å². The molecule has 0 radical (unpaired) electrons. The summed E-state index contributed by atoms with van der Waals surface area (Å²) in [5.74, 6) is -0.0586. The van der Waals surface area contributed by atoms with Crippen molar-refractivity contribution in [3.05, 3.63) is 69.9 Å². The molecule has 0 aliphatic heterocycles. The maximum Gasteiger partial charge on any atom is 0.420 e. The maximum atomic E-state index is 12.3. The van der Waals surface area contributed by atoms with Crippen LogP contribution in [0.25, 0.3) is 44.5 Å². The SMILES string of the molecule is COCCn1c(=O)oc2cc(-c3cc(-c4cccc(Br)c4)c4c(N)ncnc4n3)ccc21. The number of hydrogen-bond acceptors (Lipinski definition) is 7. The highest BCUT2D eigenvalue weighted by Gasteiger charge is 2.16. The molecule has 0 fully saturated rings. The van der Waals surface area contributed by atoms with Crippen LogP contribution in [-0.4, -0.2) is 33.2 Å². The fraction of sp³-hybridized carbons (Fsp3) is 0.130. The molecule has 5 aromatic rings. The Morgan fingerprint density at radius 3 is 2.81 bits per heavy atom. The molecule has 0 saturated carbocycles. The van der Waals surface area contributed by atoms with Crippen LogP contribution in [0.3, 0.4) is 0 Å². The molecule has 2 N–H and O–H groups in total. The highest BCUT2D eigenvalue weighted by atomic mass is 79.9. The number of rotatable bonds is 5. The van der Waals surface area contributed by atoms with E-state index in [1.165, 1.54) is 6.33 Å². The van der Waals surface area contributed by atoms with Crippen LogP contribution in [0.1, 0.15) is 0 Å². The molecule has 3 heterocycles. The van der Waals surface area contributed by atoms with Gasteiger partial charge in [-0.05, 0) is 41.5 Å². The molecule has 0 atom stereocenters. The first-order chi connectivity index (χ1) is 15.5. The van der Waals surface area contributed by atoms with Crippen LogP contribution in [0.4, 0.5) is 5.82 Å². The minimum atomic E-state index is -0.420. The summed E-state index contributed by atoms with van der Waals surface area (Å²) >= 11 is 3.53. The van der Waals surface area contributed by atoms with Gasteiger partial charge in [0.05, 0.1) is 29.7 Å². The molecule has 0 unspecified atom stereocenters. The summed E-state index contributed by atoms with van der Waals surface area (Å²) in [6.07, 6.45) is 1.40. The molecule has 0 aliphatic carbocycles. The summed E-state index contributed by atoms with van der Waals surface area (Å²) in [5.41, 5.74) is 11.2. The zero-order chi connectivity index (χ0) is 22.2. The number of nitrogens with zero attached hydrogens (tertiary/aromatic N) is 4. The average Bonchev–Trinajstić information content (AvgIpc) is 3.11. The van der Waals surface area contributed by atoms with Crippen molar-refractivity contribution in [3.8, 4) is 22.4 Å². The summed E-state index contributed by atoms with van der Waals surface area (Å²) < 4.78 is 13.1. The van der Waals surface area contributed by atoms with Crippen molar-refractivity contribution in [2.45, 2.75) is 6.54 Å². The lowest BCUT2D eigenvalue weighted by atomic mass is 10.00. The number of oxazole rings is 1. The molecule has 0 spiro atoms. The molecule has 0 aliphatic rings. The van der Waals surface area contributed by atoms with Crippen LogP contribution in [0.15, 0.2) is 68.5 Å². The molecule has 2 aromatic carbocycles. The summed E-state index contributed by atoms with van der Waals surface area (Å²) in [4.78, 5) is 25.5. The molecule has 3 aromatic heterocycles. The Morgan fingerprint density at radius 1 is 1.12 bits per heavy atom. The highest BCUT2D eigenvalue weighted by molar-refractivity contribution is 9.10. The lowest BCUT2D eigenvalue weighted by molar-refractivity contribution is 0.186. The predicted octanol–water partition coefficient (Wildman–Crippen LogP) is 4.26. The number of hydrogen-bond donors (Lipinski definition) is 1. The first-order valence-electron chi connectivity index (χ1n) is 9.85. The molecular weight excluding hydrogens is 474 g/mol. The van der Waals surface area contributed by atoms with E-state index in [9.17, 15) is 4.79 Å². The molecule has 8 nitrogen and oxygen atoms in total. The van der Waals surface area contributed by atoms with Gasteiger partial charge in [0.15, 0.2) is 11.2 Å². The third kappa shape index (κ3) is 3.55. The zero-order valence-corrected chi connectivity index (χ0v) is 18.7. The van der Waals surface area contributed by atoms with Gasteiger partial charge >= 0.3 is 5.76 Å². The standard InChI is InChI=1S/C23H18BrN5O3/c1-31-8-7-29-18-6-5-14(10-19(18)32-23(29)30)17-11-16(13-3-2-4-15(24)9-13)20-21(25)26-12-27-22(20)28-17/h2-6,9-12H,7-8H2,1H3,(H2,25,26,27,28). The Kier molecular flexibility index (Phi) is 5.20. The van der Waals surface area contributed by atoms with E-state index in [0.717, 1.165) is 21.2 Å².